The van der Waals surface area contributed by atoms with Gasteiger partial charge in [0.15, 0.2) is 0 Å². The van der Waals surface area contributed by atoms with Gasteiger partial charge in [-0.2, -0.15) is 0 Å². The molecule has 0 saturated carbocycles. The van der Waals surface area contributed by atoms with E-state index in [2.05, 4.69) is 10.0 Å². The molecule has 2 aromatic carbocycles. The average molecular weight is 402 g/mol. The highest BCUT2D eigenvalue weighted by molar-refractivity contribution is 7.89. The van der Waals surface area contributed by atoms with Gasteiger partial charge < -0.3 is 14.8 Å². The maximum Gasteiger partial charge on any atom is 0.294 e. The number of hydrogen-bond acceptors (Lipinski definition) is 7. The molecule has 2 rings (SSSR count). The summed E-state index contributed by atoms with van der Waals surface area (Å²) in [5.74, 6) is 0.670. The Bertz CT molecular complexity index is 949. The van der Waals surface area contributed by atoms with Gasteiger partial charge in [-0.05, 0) is 19.2 Å². The number of nitro groups is 1. The second-order valence-corrected chi connectivity index (χ2v) is 7.25. The summed E-state index contributed by atoms with van der Waals surface area (Å²) < 4.78 is 36.2. The van der Waals surface area contributed by atoms with Crippen LogP contribution in [-0.4, -0.2) is 34.6 Å². The standard InChI is InChI=1S/C15H16ClN3O6S/c1-17-26(22,23)9-4-5-11(13(6-9)19(20)21)18-12-8-14(24-2)10(16)7-15(12)25-3/h4-8,17-18H,1-3H3. The summed E-state index contributed by atoms with van der Waals surface area (Å²) in [5, 5.41) is 14.5. The third-order valence-corrected chi connectivity index (χ3v) is 5.20. The van der Waals surface area contributed by atoms with Gasteiger partial charge in [0, 0.05) is 18.2 Å². The summed E-state index contributed by atoms with van der Waals surface area (Å²) in [6, 6.07) is 6.52. The highest BCUT2D eigenvalue weighted by Crippen LogP contribution is 2.39. The molecule has 0 radical (unpaired) electrons. The monoisotopic (exact) mass is 401 g/mol. The zero-order valence-electron chi connectivity index (χ0n) is 14.1. The van der Waals surface area contributed by atoms with Crippen LogP contribution in [0.4, 0.5) is 17.1 Å². The molecular weight excluding hydrogens is 386 g/mol. The Balaban J connectivity index is 2.55. The Kier molecular flexibility index (Phi) is 5.90. The van der Waals surface area contributed by atoms with E-state index in [4.69, 9.17) is 21.1 Å². The number of ether oxygens (including phenoxy) is 2. The molecule has 0 atom stereocenters. The summed E-state index contributed by atoms with van der Waals surface area (Å²) in [5.41, 5.74) is 0.0195. The van der Waals surface area contributed by atoms with E-state index >= 15 is 0 Å². The van der Waals surface area contributed by atoms with Crippen molar-refractivity contribution in [2.75, 3.05) is 26.6 Å². The Hall–Kier alpha value is -2.56. The molecule has 0 aromatic heterocycles. The van der Waals surface area contributed by atoms with Crippen molar-refractivity contribution in [1.29, 1.82) is 0 Å². The van der Waals surface area contributed by atoms with Crippen molar-refractivity contribution in [2.45, 2.75) is 4.90 Å². The van der Waals surface area contributed by atoms with Crippen molar-refractivity contribution in [3.63, 3.8) is 0 Å². The van der Waals surface area contributed by atoms with Crippen LogP contribution < -0.4 is 19.5 Å². The fraction of sp³-hybridized carbons (Fsp3) is 0.200. The molecule has 0 bridgehead atoms. The van der Waals surface area contributed by atoms with Crippen LogP contribution in [0, 0.1) is 10.1 Å². The van der Waals surface area contributed by atoms with E-state index in [1.807, 2.05) is 0 Å². The normalized spacial score (nSPS) is 11.1. The number of hydrogen-bond donors (Lipinski definition) is 2. The van der Waals surface area contributed by atoms with Crippen LogP contribution in [-0.2, 0) is 10.0 Å². The molecule has 0 amide bonds. The lowest BCUT2D eigenvalue weighted by molar-refractivity contribution is -0.384. The summed E-state index contributed by atoms with van der Waals surface area (Å²) >= 11 is 6.04. The highest BCUT2D eigenvalue weighted by Gasteiger charge is 2.21. The number of anilines is 2. The first-order valence-corrected chi connectivity index (χ1v) is 9.00. The molecule has 0 spiro atoms. The molecular formula is C15H16ClN3O6S. The number of benzene rings is 2. The second-order valence-electron chi connectivity index (χ2n) is 4.96. The summed E-state index contributed by atoms with van der Waals surface area (Å²) in [6.45, 7) is 0. The first-order valence-electron chi connectivity index (χ1n) is 7.14. The molecule has 0 aliphatic carbocycles. The maximum atomic E-state index is 11.9. The maximum absolute atomic E-state index is 11.9. The van der Waals surface area contributed by atoms with Crippen LogP contribution in [0.3, 0.4) is 0 Å². The molecule has 0 aliphatic heterocycles. The fourth-order valence-corrected chi connectivity index (χ4v) is 3.14. The SMILES string of the molecule is CNS(=O)(=O)c1ccc(Nc2cc(OC)c(Cl)cc2OC)c([N+](=O)[O-])c1. The molecule has 2 aromatic rings. The topological polar surface area (TPSA) is 120 Å². The molecule has 0 aliphatic rings. The number of rotatable bonds is 7. The molecule has 0 saturated heterocycles. The number of nitrogens with one attached hydrogen (secondary N) is 2. The smallest absolute Gasteiger partial charge is 0.294 e. The fourth-order valence-electron chi connectivity index (χ4n) is 2.16. The van der Waals surface area contributed by atoms with E-state index in [9.17, 15) is 18.5 Å². The van der Waals surface area contributed by atoms with Crippen molar-refractivity contribution < 1.29 is 22.8 Å². The van der Waals surface area contributed by atoms with Crippen LogP contribution in [0.5, 0.6) is 11.5 Å². The Morgan fingerprint density at radius 2 is 1.73 bits per heavy atom. The lowest BCUT2D eigenvalue weighted by atomic mass is 10.2. The van der Waals surface area contributed by atoms with E-state index in [1.54, 1.807) is 0 Å². The molecule has 9 nitrogen and oxygen atoms in total. The minimum Gasteiger partial charge on any atom is -0.495 e. The number of sulfonamides is 1. The molecule has 0 heterocycles. The van der Waals surface area contributed by atoms with Crippen molar-refractivity contribution in [3.8, 4) is 11.5 Å². The quantitative estimate of drug-likeness (QED) is 0.540. The van der Waals surface area contributed by atoms with Gasteiger partial charge >= 0.3 is 0 Å². The van der Waals surface area contributed by atoms with Gasteiger partial charge in [0.05, 0.1) is 34.7 Å². The van der Waals surface area contributed by atoms with E-state index in [-0.39, 0.29) is 10.6 Å². The third-order valence-electron chi connectivity index (χ3n) is 3.49. The van der Waals surface area contributed by atoms with Crippen molar-refractivity contribution in [1.82, 2.24) is 4.72 Å². The van der Waals surface area contributed by atoms with Crippen molar-refractivity contribution >= 4 is 38.7 Å². The van der Waals surface area contributed by atoms with E-state index < -0.39 is 20.6 Å². The average Bonchev–Trinajstić information content (AvgIpc) is 2.62. The third kappa shape index (κ3) is 3.98. The van der Waals surface area contributed by atoms with Gasteiger partial charge in [-0.25, -0.2) is 13.1 Å². The summed E-state index contributed by atoms with van der Waals surface area (Å²) in [4.78, 5) is 10.5. The molecule has 2 N–H and O–H groups in total. The summed E-state index contributed by atoms with van der Waals surface area (Å²) in [7, 11) is 0.248. The Morgan fingerprint density at radius 3 is 2.27 bits per heavy atom. The Morgan fingerprint density at radius 1 is 1.08 bits per heavy atom. The lowest BCUT2D eigenvalue weighted by Crippen LogP contribution is -2.18. The van der Waals surface area contributed by atoms with E-state index in [1.165, 1.54) is 45.5 Å². The largest absolute Gasteiger partial charge is 0.495 e. The van der Waals surface area contributed by atoms with Gasteiger partial charge in [0.1, 0.15) is 17.2 Å². The van der Waals surface area contributed by atoms with E-state index in [0.29, 0.717) is 22.2 Å². The van der Waals surface area contributed by atoms with Crippen molar-refractivity contribution in [2.24, 2.45) is 0 Å². The predicted molar refractivity (Wildman–Crippen MR) is 97.2 cm³/mol. The van der Waals surface area contributed by atoms with Crippen LogP contribution in [0.1, 0.15) is 0 Å². The number of nitrogens with zero attached hydrogens (tertiary/aromatic N) is 1. The van der Waals surface area contributed by atoms with Crippen LogP contribution in [0.15, 0.2) is 35.2 Å². The van der Waals surface area contributed by atoms with Gasteiger partial charge in [-0.3, -0.25) is 10.1 Å². The van der Waals surface area contributed by atoms with Gasteiger partial charge in [-0.15, -0.1) is 0 Å². The molecule has 26 heavy (non-hydrogen) atoms. The number of halogens is 1. The minimum absolute atomic E-state index is 0.0766. The van der Waals surface area contributed by atoms with Gasteiger partial charge in [-0.1, -0.05) is 11.6 Å². The molecule has 11 heteroatoms. The molecule has 140 valence electrons. The van der Waals surface area contributed by atoms with Gasteiger partial charge in [0.25, 0.3) is 5.69 Å². The van der Waals surface area contributed by atoms with E-state index in [0.717, 1.165) is 6.07 Å². The molecule has 0 fully saturated rings. The molecule has 0 unspecified atom stereocenters. The van der Waals surface area contributed by atoms with Crippen molar-refractivity contribution in [3.05, 3.63) is 45.5 Å². The zero-order chi connectivity index (χ0) is 19.5. The second kappa shape index (κ2) is 7.77. The lowest BCUT2D eigenvalue weighted by Gasteiger charge is -2.14. The number of methoxy groups -OCH3 is 2. The predicted octanol–water partition coefficient (Wildman–Crippen LogP) is 2.92. The van der Waals surface area contributed by atoms with Crippen LogP contribution in [0.25, 0.3) is 0 Å². The zero-order valence-corrected chi connectivity index (χ0v) is 15.6. The first kappa shape index (κ1) is 19.8. The van der Waals surface area contributed by atoms with Crippen LogP contribution >= 0.6 is 11.6 Å². The summed E-state index contributed by atoms with van der Waals surface area (Å²) in [6.07, 6.45) is 0. The van der Waals surface area contributed by atoms with Gasteiger partial charge in [0.2, 0.25) is 10.0 Å². The minimum atomic E-state index is -3.82. The van der Waals surface area contributed by atoms with Crippen LogP contribution in [0.2, 0.25) is 5.02 Å². The first-order chi connectivity index (χ1) is 12.2. The Labute approximate surface area is 155 Å². The highest BCUT2D eigenvalue weighted by atomic mass is 35.5. The number of nitro benzene ring substituents is 1.